The number of cyclic esters (lactones) is 1. The molecule has 3 aliphatic heterocycles. The lowest BCUT2D eigenvalue weighted by molar-refractivity contribution is -0.138. The normalized spacial score (nSPS) is 21.8. The highest BCUT2D eigenvalue weighted by Crippen LogP contribution is 2.44. The van der Waals surface area contributed by atoms with Crippen LogP contribution in [0.25, 0.3) is 5.69 Å². The third-order valence-corrected chi connectivity index (χ3v) is 7.39. The number of amides is 1. The Morgan fingerprint density at radius 3 is 2.55 bits per heavy atom. The Morgan fingerprint density at radius 1 is 1.15 bits per heavy atom. The number of hydrogen-bond donors (Lipinski definition) is 1. The van der Waals surface area contributed by atoms with Crippen LogP contribution in [-0.4, -0.2) is 79.8 Å². The van der Waals surface area contributed by atoms with E-state index >= 15 is 0 Å². The van der Waals surface area contributed by atoms with Crippen molar-refractivity contribution >= 4 is 11.9 Å². The zero-order chi connectivity index (χ0) is 23.2. The van der Waals surface area contributed by atoms with Crippen LogP contribution in [0.1, 0.15) is 43.4 Å². The van der Waals surface area contributed by atoms with E-state index in [0.29, 0.717) is 18.7 Å². The summed E-state index contributed by atoms with van der Waals surface area (Å²) in [4.78, 5) is 29.0. The van der Waals surface area contributed by atoms with E-state index in [1.165, 1.54) is 6.33 Å². The predicted octanol–water partition coefficient (Wildman–Crippen LogP) is 1.15. The second kappa shape index (κ2) is 8.35. The highest BCUT2D eigenvalue weighted by atomic mass is 16.5. The molecule has 174 valence electrons. The number of esters is 1. The maximum absolute atomic E-state index is 13.3. The van der Waals surface area contributed by atoms with Crippen molar-refractivity contribution in [2.45, 2.75) is 39.2 Å². The molecule has 2 fully saturated rings. The zero-order valence-electron chi connectivity index (χ0n) is 18.9. The molecule has 33 heavy (non-hydrogen) atoms. The van der Waals surface area contributed by atoms with Crippen molar-refractivity contribution in [2.75, 3.05) is 32.8 Å². The lowest BCUT2D eigenvalue weighted by atomic mass is 9.77. The predicted molar refractivity (Wildman–Crippen MR) is 117 cm³/mol. The van der Waals surface area contributed by atoms with Gasteiger partial charge in [0.25, 0.3) is 0 Å². The van der Waals surface area contributed by atoms with Crippen LogP contribution < -0.4 is 0 Å². The summed E-state index contributed by atoms with van der Waals surface area (Å²) >= 11 is 0. The number of benzene rings is 1. The number of tetrazole rings is 1. The van der Waals surface area contributed by atoms with Gasteiger partial charge >= 0.3 is 5.97 Å². The molecule has 2 saturated heterocycles. The molecular formula is C23H28N6O4. The van der Waals surface area contributed by atoms with Gasteiger partial charge in [-0.2, -0.15) is 0 Å². The summed E-state index contributed by atoms with van der Waals surface area (Å²) in [5, 5.41) is 22.1. The minimum Gasteiger partial charge on any atom is -0.456 e. The number of likely N-dealkylation sites (tertiary alicyclic amines) is 2. The minimum absolute atomic E-state index is 0.115. The van der Waals surface area contributed by atoms with Gasteiger partial charge < -0.3 is 19.6 Å². The van der Waals surface area contributed by atoms with Gasteiger partial charge in [0.1, 0.15) is 12.9 Å². The van der Waals surface area contributed by atoms with Crippen molar-refractivity contribution in [3.63, 3.8) is 0 Å². The van der Waals surface area contributed by atoms with Crippen LogP contribution in [0.2, 0.25) is 0 Å². The highest BCUT2D eigenvalue weighted by molar-refractivity contribution is 5.94. The van der Waals surface area contributed by atoms with Gasteiger partial charge in [0.05, 0.1) is 28.5 Å². The van der Waals surface area contributed by atoms with Crippen LogP contribution in [0.4, 0.5) is 0 Å². The summed E-state index contributed by atoms with van der Waals surface area (Å²) < 4.78 is 6.68. The van der Waals surface area contributed by atoms with E-state index < -0.39 is 6.10 Å². The van der Waals surface area contributed by atoms with Crippen LogP contribution in [0.15, 0.2) is 35.8 Å². The third kappa shape index (κ3) is 3.83. The molecule has 1 unspecified atom stereocenters. The summed E-state index contributed by atoms with van der Waals surface area (Å²) in [5.41, 5.74) is 3.59. The smallest absolute Gasteiger partial charge is 0.336 e. The molecule has 0 aliphatic carbocycles. The molecule has 0 radical (unpaired) electrons. The van der Waals surface area contributed by atoms with Crippen molar-refractivity contribution < 1.29 is 19.4 Å². The average Bonchev–Trinajstić information content (AvgIpc) is 3.53. The maximum Gasteiger partial charge on any atom is 0.336 e. The molecule has 1 amide bonds. The van der Waals surface area contributed by atoms with E-state index in [1.54, 1.807) is 16.5 Å². The maximum atomic E-state index is 13.3. The molecule has 3 aliphatic rings. The molecule has 1 atom stereocenters. The Morgan fingerprint density at radius 2 is 1.91 bits per heavy atom. The molecule has 10 heteroatoms. The lowest BCUT2D eigenvalue weighted by Crippen LogP contribution is -2.45. The van der Waals surface area contributed by atoms with Gasteiger partial charge in [-0.1, -0.05) is 6.07 Å². The number of aromatic nitrogens is 4. The van der Waals surface area contributed by atoms with Gasteiger partial charge in [0.2, 0.25) is 5.91 Å². The molecule has 5 rings (SSSR count). The Labute approximate surface area is 191 Å². The average molecular weight is 453 g/mol. The number of aliphatic hydroxyl groups excluding tert-OH is 1. The van der Waals surface area contributed by atoms with Crippen LogP contribution in [0.3, 0.4) is 0 Å². The van der Waals surface area contributed by atoms with E-state index in [4.69, 9.17) is 4.74 Å². The molecule has 1 spiro atoms. The van der Waals surface area contributed by atoms with Gasteiger partial charge in [0, 0.05) is 13.1 Å². The fraction of sp³-hybridized carbons (Fsp3) is 0.522. The third-order valence-electron chi connectivity index (χ3n) is 7.39. The second-order valence-electron chi connectivity index (χ2n) is 9.25. The Kier molecular flexibility index (Phi) is 5.49. The number of hydrogen-bond acceptors (Lipinski definition) is 8. The molecule has 0 saturated carbocycles. The number of β-amino-alcohol motifs (C(OH)–C–C–N with tert-alkyl or cyclic N) is 1. The van der Waals surface area contributed by atoms with E-state index in [0.717, 1.165) is 54.9 Å². The topological polar surface area (TPSA) is 114 Å². The van der Waals surface area contributed by atoms with E-state index in [2.05, 4.69) is 20.4 Å². The quantitative estimate of drug-likeness (QED) is 0.672. The van der Waals surface area contributed by atoms with Gasteiger partial charge in [-0.05, 0) is 79.9 Å². The summed E-state index contributed by atoms with van der Waals surface area (Å²) in [7, 11) is 0. The van der Waals surface area contributed by atoms with E-state index in [9.17, 15) is 14.7 Å². The fourth-order valence-electron chi connectivity index (χ4n) is 5.25. The number of carbonyl (C=O) groups is 2. The lowest BCUT2D eigenvalue weighted by Gasteiger charge is -2.38. The van der Waals surface area contributed by atoms with Crippen molar-refractivity contribution in [3.8, 4) is 5.69 Å². The minimum atomic E-state index is -0.618. The monoisotopic (exact) mass is 452 g/mol. The van der Waals surface area contributed by atoms with Crippen LogP contribution >= 0.6 is 0 Å². The van der Waals surface area contributed by atoms with Gasteiger partial charge in [-0.15, -0.1) is 5.10 Å². The number of carbonyl (C=O) groups excluding carboxylic acids is 2. The molecule has 4 heterocycles. The summed E-state index contributed by atoms with van der Waals surface area (Å²) in [6.45, 7) is 6.55. The highest BCUT2D eigenvalue weighted by Gasteiger charge is 2.50. The molecule has 0 bridgehead atoms. The molecule has 1 aromatic heterocycles. The van der Waals surface area contributed by atoms with Crippen LogP contribution in [-0.2, 0) is 14.3 Å². The van der Waals surface area contributed by atoms with Gasteiger partial charge in [-0.3, -0.25) is 4.79 Å². The number of aryl methyl sites for hydroxylation is 1. The summed E-state index contributed by atoms with van der Waals surface area (Å²) in [6, 6.07) is 5.77. The summed E-state index contributed by atoms with van der Waals surface area (Å²) in [5.74, 6) is -0.215. The van der Waals surface area contributed by atoms with Gasteiger partial charge in [-0.25, -0.2) is 9.48 Å². The number of aliphatic hydroxyl groups is 1. The van der Waals surface area contributed by atoms with Crippen molar-refractivity contribution in [1.29, 1.82) is 0 Å². The number of ether oxygens (including phenoxy) is 1. The van der Waals surface area contributed by atoms with Crippen molar-refractivity contribution in [1.82, 2.24) is 30.0 Å². The number of nitrogens with zero attached hydrogens (tertiary/aromatic N) is 6. The molecule has 1 N–H and O–H groups in total. The fourth-order valence-corrected chi connectivity index (χ4v) is 5.25. The molecule has 2 aromatic rings. The second-order valence-corrected chi connectivity index (χ2v) is 9.25. The first-order valence-electron chi connectivity index (χ1n) is 11.3. The standard InChI is InChI=1S/C23H28N6O4/c1-15-11-17(29-14-24-25-26-29)3-4-18(15)20(30)12-27-8-5-23(6-9-27)7-10-28(22(23)32)19-13-33-21(31)16(19)2/h3-4,11,14,20,30H,5-10,12-13H2,1-2H3. The van der Waals surface area contributed by atoms with E-state index in [1.807, 2.05) is 25.1 Å². The Hall–Kier alpha value is -3.11. The number of piperidine rings is 1. The largest absolute Gasteiger partial charge is 0.456 e. The first-order valence-corrected chi connectivity index (χ1v) is 11.3. The molecule has 10 nitrogen and oxygen atoms in total. The first kappa shape index (κ1) is 21.7. The van der Waals surface area contributed by atoms with Gasteiger partial charge in [0.15, 0.2) is 0 Å². The Balaban J connectivity index is 1.21. The summed E-state index contributed by atoms with van der Waals surface area (Å²) in [6.07, 6.45) is 3.23. The van der Waals surface area contributed by atoms with Crippen molar-refractivity contribution in [3.05, 3.63) is 46.9 Å². The Bertz CT molecular complexity index is 1100. The zero-order valence-corrected chi connectivity index (χ0v) is 18.9. The number of rotatable bonds is 5. The SMILES string of the molecule is CC1=C(N2CCC3(CCN(CC(O)c4ccc(-n5cnnn5)cc4C)CC3)C2=O)COC1=O. The first-order chi connectivity index (χ1) is 15.9. The van der Waals surface area contributed by atoms with E-state index in [-0.39, 0.29) is 23.9 Å². The molecule has 1 aromatic carbocycles. The van der Waals surface area contributed by atoms with Crippen molar-refractivity contribution in [2.24, 2.45) is 5.41 Å². The van der Waals surface area contributed by atoms with Crippen LogP contribution in [0.5, 0.6) is 0 Å². The molecular weight excluding hydrogens is 424 g/mol. The van der Waals surface area contributed by atoms with Crippen LogP contribution in [0, 0.1) is 12.3 Å².